The number of para-hydroxylation sites is 1. The highest BCUT2D eigenvalue weighted by Gasteiger charge is 2.02. The highest BCUT2D eigenvalue weighted by atomic mass is 16.1. The van der Waals surface area contributed by atoms with E-state index in [1.807, 2.05) is 49.6 Å². The van der Waals surface area contributed by atoms with Gasteiger partial charge in [0.1, 0.15) is 0 Å². The Balaban J connectivity index is 1.56. The van der Waals surface area contributed by atoms with Crippen molar-refractivity contribution in [1.82, 2.24) is 24.9 Å². The lowest BCUT2D eigenvalue weighted by Gasteiger charge is -2.00. The summed E-state index contributed by atoms with van der Waals surface area (Å²) in [6.45, 7) is 0.432. The lowest BCUT2D eigenvalue weighted by atomic mass is 10.3. The van der Waals surface area contributed by atoms with E-state index in [2.05, 4.69) is 15.5 Å². The number of carbonyl (C=O) groups is 1. The van der Waals surface area contributed by atoms with Gasteiger partial charge in [-0.3, -0.25) is 9.48 Å². The van der Waals surface area contributed by atoms with E-state index in [4.69, 9.17) is 0 Å². The molecule has 1 aromatic carbocycles. The van der Waals surface area contributed by atoms with E-state index in [1.54, 1.807) is 27.8 Å². The topological polar surface area (TPSA) is 64.7 Å². The van der Waals surface area contributed by atoms with Gasteiger partial charge in [0, 0.05) is 37.6 Å². The first-order valence-corrected chi connectivity index (χ1v) is 7.25. The summed E-state index contributed by atoms with van der Waals surface area (Å²) in [6.07, 6.45) is 8.57. The van der Waals surface area contributed by atoms with Gasteiger partial charge in [-0.2, -0.15) is 10.2 Å². The molecule has 6 nitrogen and oxygen atoms in total. The zero-order chi connectivity index (χ0) is 16.1. The van der Waals surface area contributed by atoms with Gasteiger partial charge < -0.3 is 5.32 Å². The smallest absolute Gasteiger partial charge is 0.244 e. The first-order valence-electron chi connectivity index (χ1n) is 7.25. The van der Waals surface area contributed by atoms with Gasteiger partial charge in [0.25, 0.3) is 0 Å². The molecule has 0 saturated heterocycles. The molecular weight excluding hydrogens is 290 g/mol. The largest absolute Gasteiger partial charge is 0.348 e. The van der Waals surface area contributed by atoms with Crippen molar-refractivity contribution in [2.45, 2.75) is 6.54 Å². The third-order valence-corrected chi connectivity index (χ3v) is 3.39. The normalized spacial score (nSPS) is 11.0. The van der Waals surface area contributed by atoms with Gasteiger partial charge in [0.15, 0.2) is 0 Å². The van der Waals surface area contributed by atoms with Crippen molar-refractivity contribution in [1.29, 1.82) is 0 Å². The molecule has 0 radical (unpaired) electrons. The lowest BCUT2D eigenvalue weighted by molar-refractivity contribution is -0.116. The maximum atomic E-state index is 11.8. The van der Waals surface area contributed by atoms with Gasteiger partial charge in [0.2, 0.25) is 5.91 Å². The van der Waals surface area contributed by atoms with E-state index < -0.39 is 0 Å². The SMILES string of the molecule is Cn1nccc1/C=C/C(=O)NCc1cnn(-c2ccccc2)c1. The van der Waals surface area contributed by atoms with Crippen LogP contribution in [0, 0.1) is 0 Å². The first kappa shape index (κ1) is 14.8. The van der Waals surface area contributed by atoms with Gasteiger partial charge >= 0.3 is 0 Å². The maximum Gasteiger partial charge on any atom is 0.244 e. The van der Waals surface area contributed by atoms with Crippen molar-refractivity contribution in [3.05, 3.63) is 72.3 Å². The van der Waals surface area contributed by atoms with Gasteiger partial charge in [0.05, 0.1) is 17.6 Å². The van der Waals surface area contributed by atoms with Crippen molar-refractivity contribution in [3.8, 4) is 5.69 Å². The van der Waals surface area contributed by atoms with Gasteiger partial charge in [-0.05, 0) is 24.3 Å². The van der Waals surface area contributed by atoms with E-state index in [0.717, 1.165) is 16.9 Å². The van der Waals surface area contributed by atoms with Crippen molar-refractivity contribution in [2.75, 3.05) is 0 Å². The fourth-order valence-corrected chi connectivity index (χ4v) is 2.13. The van der Waals surface area contributed by atoms with Crippen LogP contribution in [-0.4, -0.2) is 25.5 Å². The van der Waals surface area contributed by atoms with Crippen LogP contribution in [0.1, 0.15) is 11.3 Å². The van der Waals surface area contributed by atoms with Crippen molar-refractivity contribution in [2.24, 2.45) is 7.05 Å². The van der Waals surface area contributed by atoms with Gasteiger partial charge in [-0.1, -0.05) is 18.2 Å². The molecule has 0 unspecified atom stereocenters. The van der Waals surface area contributed by atoms with Crippen LogP contribution < -0.4 is 5.32 Å². The molecule has 3 aromatic rings. The number of hydrogen-bond donors (Lipinski definition) is 1. The zero-order valence-electron chi connectivity index (χ0n) is 12.8. The van der Waals surface area contributed by atoms with Crippen LogP contribution in [0.2, 0.25) is 0 Å². The maximum absolute atomic E-state index is 11.8. The number of nitrogens with zero attached hydrogens (tertiary/aromatic N) is 4. The monoisotopic (exact) mass is 307 g/mol. The van der Waals surface area contributed by atoms with E-state index in [0.29, 0.717) is 6.54 Å². The number of nitrogens with one attached hydrogen (secondary N) is 1. The molecule has 23 heavy (non-hydrogen) atoms. The average Bonchev–Trinajstić information content (AvgIpc) is 3.21. The Labute approximate surface area is 134 Å². The third-order valence-electron chi connectivity index (χ3n) is 3.39. The minimum atomic E-state index is -0.154. The van der Waals surface area contributed by atoms with Crippen LogP contribution in [0.5, 0.6) is 0 Å². The lowest BCUT2D eigenvalue weighted by Crippen LogP contribution is -2.19. The second kappa shape index (κ2) is 6.74. The van der Waals surface area contributed by atoms with E-state index in [1.165, 1.54) is 6.08 Å². The average molecular weight is 307 g/mol. The number of carbonyl (C=O) groups excluding carboxylic acids is 1. The Hall–Kier alpha value is -3.15. The van der Waals surface area contributed by atoms with Crippen molar-refractivity contribution >= 4 is 12.0 Å². The molecule has 0 aliphatic heterocycles. The molecule has 2 heterocycles. The Bertz CT molecular complexity index is 816. The van der Waals surface area contributed by atoms with Gasteiger partial charge in [-0.25, -0.2) is 4.68 Å². The molecule has 2 aromatic heterocycles. The Kier molecular flexibility index (Phi) is 4.33. The number of hydrogen-bond acceptors (Lipinski definition) is 3. The Morgan fingerprint density at radius 2 is 2.04 bits per heavy atom. The van der Waals surface area contributed by atoms with Gasteiger partial charge in [-0.15, -0.1) is 0 Å². The summed E-state index contributed by atoms with van der Waals surface area (Å²) in [5.74, 6) is -0.154. The van der Waals surface area contributed by atoms with E-state index >= 15 is 0 Å². The third kappa shape index (κ3) is 3.74. The molecule has 3 rings (SSSR count). The molecule has 116 valence electrons. The summed E-state index contributed by atoms with van der Waals surface area (Å²) in [4.78, 5) is 11.8. The van der Waals surface area contributed by atoms with Crippen LogP contribution in [0.15, 0.2) is 61.1 Å². The van der Waals surface area contributed by atoms with Crippen LogP contribution in [-0.2, 0) is 18.4 Å². The highest BCUT2D eigenvalue weighted by molar-refractivity contribution is 5.91. The molecular formula is C17H17N5O. The van der Waals surface area contributed by atoms with Crippen molar-refractivity contribution in [3.63, 3.8) is 0 Å². The summed E-state index contributed by atoms with van der Waals surface area (Å²) in [5, 5.41) is 11.2. The summed E-state index contributed by atoms with van der Waals surface area (Å²) >= 11 is 0. The summed E-state index contributed by atoms with van der Waals surface area (Å²) in [7, 11) is 1.83. The summed E-state index contributed by atoms with van der Waals surface area (Å²) in [6, 6.07) is 11.7. The van der Waals surface area contributed by atoms with E-state index in [9.17, 15) is 4.79 Å². The predicted octanol–water partition coefficient (Wildman–Crippen LogP) is 1.94. The fraction of sp³-hybridized carbons (Fsp3) is 0.118. The standard InChI is InChI=1S/C17H17N5O/c1-21-15(9-10-19-21)7-8-17(23)18-11-14-12-20-22(13-14)16-5-3-2-4-6-16/h2-10,12-13H,11H2,1H3,(H,18,23)/b8-7+. The Morgan fingerprint density at radius 3 is 2.78 bits per heavy atom. The van der Waals surface area contributed by atoms with Crippen LogP contribution in [0.4, 0.5) is 0 Å². The molecule has 0 saturated carbocycles. The minimum absolute atomic E-state index is 0.154. The minimum Gasteiger partial charge on any atom is -0.348 e. The summed E-state index contributed by atoms with van der Waals surface area (Å²) in [5.41, 5.74) is 2.80. The molecule has 0 aliphatic carbocycles. The number of rotatable bonds is 5. The van der Waals surface area contributed by atoms with E-state index in [-0.39, 0.29) is 5.91 Å². The molecule has 1 amide bonds. The van der Waals surface area contributed by atoms with Crippen LogP contribution >= 0.6 is 0 Å². The molecule has 0 fully saturated rings. The Morgan fingerprint density at radius 1 is 1.22 bits per heavy atom. The predicted molar refractivity (Wildman–Crippen MR) is 87.7 cm³/mol. The molecule has 1 N–H and O–H groups in total. The van der Waals surface area contributed by atoms with Crippen LogP contribution in [0.3, 0.4) is 0 Å². The molecule has 0 spiro atoms. The number of aromatic nitrogens is 4. The summed E-state index contributed by atoms with van der Waals surface area (Å²) < 4.78 is 3.49. The fourth-order valence-electron chi connectivity index (χ4n) is 2.13. The second-order valence-corrected chi connectivity index (χ2v) is 5.06. The number of benzene rings is 1. The molecule has 0 atom stereocenters. The zero-order valence-corrected chi connectivity index (χ0v) is 12.8. The first-order chi connectivity index (χ1) is 11.2. The molecule has 0 aliphatic rings. The van der Waals surface area contributed by atoms with Crippen LogP contribution in [0.25, 0.3) is 11.8 Å². The number of aryl methyl sites for hydroxylation is 1. The molecule has 6 heteroatoms. The second-order valence-electron chi connectivity index (χ2n) is 5.06. The quantitative estimate of drug-likeness (QED) is 0.733. The highest BCUT2D eigenvalue weighted by Crippen LogP contribution is 2.07. The number of amides is 1. The van der Waals surface area contributed by atoms with Crippen molar-refractivity contribution < 1.29 is 4.79 Å². The molecule has 0 bridgehead atoms.